The summed E-state index contributed by atoms with van der Waals surface area (Å²) in [5, 5.41) is 1.51. The van der Waals surface area contributed by atoms with Gasteiger partial charge in [0.25, 0.3) is 6.71 Å². The lowest BCUT2D eigenvalue weighted by molar-refractivity contribution is 0.123. The Kier molecular flexibility index (Phi) is 12.0. The Labute approximate surface area is 498 Å². The topological polar surface area (TPSA) is 19.6 Å². The standard InChI is InChI=1S/C77H101BN2OSi/c1-69(2,3)47-37-63-67-64(38-47)80(61-43-57-54(72(8,9)31-34-75(57,14)15)40-50(61)46-23-26-49(27-24-46)82(20,21)22)62-44-58-56(74(12,13)33-35-76(58,16)17)42-60(62)78(67)66-51-41-55-59(77(18,19)36-32-73(55,10)11)45-65(51)81-68(66)79(63)48-25-28-52-53(39-48)71(6,7)30-29-70(52,4)5/h23-28,38-40,42-45,55,63H,29-37,41H2,1-22H3. The maximum absolute atomic E-state index is 7.93. The lowest BCUT2D eigenvalue weighted by atomic mass is 9.30. The van der Waals surface area contributed by atoms with Crippen LogP contribution in [0.2, 0.25) is 19.6 Å². The van der Waals surface area contributed by atoms with Crippen LogP contribution in [0.15, 0.2) is 99.5 Å². The molecule has 3 heterocycles. The average Bonchev–Trinajstić information content (AvgIpc) is 1.25. The molecule has 2 unspecified atom stereocenters. The van der Waals surface area contributed by atoms with Crippen LogP contribution in [-0.4, -0.2) is 20.8 Å². The van der Waals surface area contributed by atoms with E-state index in [2.05, 4.69) is 240 Å². The van der Waals surface area contributed by atoms with Gasteiger partial charge >= 0.3 is 0 Å². The van der Waals surface area contributed by atoms with Crippen molar-refractivity contribution >= 4 is 59.9 Å². The van der Waals surface area contributed by atoms with Crippen molar-refractivity contribution in [2.75, 3.05) is 9.80 Å². The van der Waals surface area contributed by atoms with E-state index in [0.717, 1.165) is 24.5 Å². The van der Waals surface area contributed by atoms with Crippen LogP contribution in [0.5, 0.6) is 0 Å². The highest BCUT2D eigenvalue weighted by Gasteiger charge is 2.56. The van der Waals surface area contributed by atoms with E-state index in [1.807, 2.05) is 0 Å². The number of allylic oxidation sites excluding steroid dienone is 2. The number of hydrogen-bond acceptors (Lipinski definition) is 3. The van der Waals surface area contributed by atoms with E-state index in [1.165, 1.54) is 140 Å². The zero-order valence-corrected chi connectivity index (χ0v) is 56.1. The second-order valence-corrected chi connectivity index (χ2v) is 40.3. The Morgan fingerprint density at radius 2 is 1.05 bits per heavy atom. The van der Waals surface area contributed by atoms with Crippen molar-refractivity contribution in [3.8, 4) is 11.1 Å². The van der Waals surface area contributed by atoms with Crippen LogP contribution in [-0.2, 0) is 38.9 Å². The van der Waals surface area contributed by atoms with Crippen LogP contribution in [0, 0.1) is 22.2 Å². The quantitative estimate of drug-likeness (QED) is 0.167. The zero-order chi connectivity index (χ0) is 59.0. The minimum Gasteiger partial charge on any atom is -0.441 e. The molecule has 5 heteroatoms. The predicted molar refractivity (Wildman–Crippen MR) is 357 cm³/mol. The van der Waals surface area contributed by atoms with Crippen molar-refractivity contribution in [3.05, 3.63) is 140 Å². The summed E-state index contributed by atoms with van der Waals surface area (Å²) in [5.74, 6) is 2.65. The molecule has 432 valence electrons. The Hall–Kier alpha value is -4.74. The molecule has 1 aromatic heterocycles. The first-order chi connectivity index (χ1) is 37.8. The summed E-state index contributed by atoms with van der Waals surface area (Å²) < 4.78 is 7.93. The SMILES string of the molecule is CC(C)(C)C1=CC2=C3B(c4cc5c(cc4N2c2cc4c(cc2-c2ccc([Si](C)(C)C)cc2)C(C)(C)CCC4(C)C)C(C)(C)CCC5(C)C)c2c(oc4c2CC2C(=C4)C(C)(C)CCC2(C)C)N(c2ccc4c(c2)C(C)(C)CCC4(C)C)C3C1. The zero-order valence-electron chi connectivity index (χ0n) is 55.1. The molecule has 1 fully saturated rings. The lowest BCUT2D eigenvalue weighted by Gasteiger charge is -2.52. The van der Waals surface area contributed by atoms with Crippen LogP contribution < -0.4 is 25.9 Å². The van der Waals surface area contributed by atoms with Gasteiger partial charge < -0.3 is 14.2 Å². The van der Waals surface area contributed by atoms with Crippen molar-refractivity contribution < 1.29 is 4.42 Å². The molecule has 2 aliphatic heterocycles. The highest BCUT2D eigenvalue weighted by molar-refractivity contribution is 6.94. The van der Waals surface area contributed by atoms with Crippen molar-refractivity contribution in [1.82, 2.24) is 0 Å². The number of anilines is 4. The van der Waals surface area contributed by atoms with Crippen LogP contribution in [0.4, 0.5) is 22.9 Å². The average molecular weight is 1110 g/mol. The van der Waals surface area contributed by atoms with E-state index in [1.54, 1.807) is 16.6 Å². The second-order valence-electron chi connectivity index (χ2n) is 35.2. The fraction of sp³-hybridized carbons (Fsp3) is 0.558. The summed E-state index contributed by atoms with van der Waals surface area (Å²) in [6.07, 6.45) is 16.8. The number of benzene rings is 4. The molecule has 3 nitrogen and oxygen atoms in total. The molecule has 13 rings (SSSR count). The molecular weight excluding hydrogens is 1010 g/mol. The van der Waals surface area contributed by atoms with Gasteiger partial charge in [0, 0.05) is 22.6 Å². The maximum Gasteiger partial charge on any atom is 0.252 e. The Bertz CT molecular complexity index is 3640. The Morgan fingerprint density at radius 1 is 0.537 bits per heavy atom. The molecule has 0 amide bonds. The summed E-state index contributed by atoms with van der Waals surface area (Å²) in [6, 6.07) is 28.6. The second kappa shape index (κ2) is 17.5. The Morgan fingerprint density at radius 3 is 1.61 bits per heavy atom. The largest absolute Gasteiger partial charge is 0.441 e. The van der Waals surface area contributed by atoms with Gasteiger partial charge in [-0.15, -0.1) is 0 Å². The van der Waals surface area contributed by atoms with Gasteiger partial charge in [0.1, 0.15) is 5.76 Å². The summed E-state index contributed by atoms with van der Waals surface area (Å²) in [7, 11) is -1.58. The summed E-state index contributed by atoms with van der Waals surface area (Å²) in [6.45, 7) is 55.3. The van der Waals surface area contributed by atoms with E-state index in [-0.39, 0.29) is 61.5 Å². The molecule has 0 saturated heterocycles. The molecular formula is C77H101BN2OSi. The highest BCUT2D eigenvalue weighted by atomic mass is 28.3. The summed E-state index contributed by atoms with van der Waals surface area (Å²) in [4.78, 5) is 5.67. The molecule has 1 saturated carbocycles. The summed E-state index contributed by atoms with van der Waals surface area (Å²) in [5.41, 5.74) is 26.6. The smallest absolute Gasteiger partial charge is 0.252 e. The molecule has 0 N–H and O–H groups in total. The molecule has 2 atom stereocenters. The lowest BCUT2D eigenvalue weighted by Crippen LogP contribution is -2.62. The van der Waals surface area contributed by atoms with Crippen molar-refractivity contribution in [1.29, 1.82) is 0 Å². The molecule has 0 radical (unpaired) electrons. The Balaban J connectivity index is 1.19. The predicted octanol–water partition coefficient (Wildman–Crippen LogP) is 19.4. The first-order valence-corrected chi connectivity index (χ1v) is 35.9. The number of fused-ring (bicyclic) bond motifs is 10. The molecule has 6 aliphatic carbocycles. The third-order valence-electron chi connectivity index (χ3n) is 23.9. The fourth-order valence-corrected chi connectivity index (χ4v) is 18.7. The van der Waals surface area contributed by atoms with Crippen molar-refractivity contribution in [2.45, 2.75) is 254 Å². The van der Waals surface area contributed by atoms with Gasteiger partial charge in [-0.25, -0.2) is 0 Å². The molecule has 82 heavy (non-hydrogen) atoms. The first-order valence-electron chi connectivity index (χ1n) is 32.4. The third-order valence-corrected chi connectivity index (χ3v) is 26.0. The first kappa shape index (κ1) is 56.4. The fourth-order valence-electron chi connectivity index (χ4n) is 17.5. The van der Waals surface area contributed by atoms with E-state index in [0.29, 0.717) is 5.92 Å². The summed E-state index contributed by atoms with van der Waals surface area (Å²) >= 11 is 0. The normalized spacial score (nSPS) is 25.3. The number of furan rings is 1. The molecule has 8 aliphatic rings. The molecule has 5 aromatic rings. The van der Waals surface area contributed by atoms with Crippen LogP contribution >= 0.6 is 0 Å². The molecule has 4 aromatic carbocycles. The van der Waals surface area contributed by atoms with E-state index in [4.69, 9.17) is 4.42 Å². The van der Waals surface area contributed by atoms with E-state index in [9.17, 15) is 0 Å². The third kappa shape index (κ3) is 8.40. The van der Waals surface area contributed by atoms with Crippen LogP contribution in [0.1, 0.15) is 234 Å². The highest BCUT2D eigenvalue weighted by Crippen LogP contribution is 2.60. The van der Waals surface area contributed by atoms with Gasteiger partial charge in [-0.05, 0) is 222 Å². The van der Waals surface area contributed by atoms with Gasteiger partial charge in [-0.1, -0.05) is 204 Å². The number of rotatable bonds is 4. The molecule has 0 spiro atoms. The van der Waals surface area contributed by atoms with Crippen molar-refractivity contribution in [2.24, 2.45) is 22.2 Å². The van der Waals surface area contributed by atoms with Crippen LogP contribution in [0.3, 0.4) is 0 Å². The van der Waals surface area contributed by atoms with Gasteiger partial charge in [0.15, 0.2) is 5.88 Å². The van der Waals surface area contributed by atoms with E-state index >= 15 is 0 Å². The molecule has 0 bridgehead atoms. The van der Waals surface area contributed by atoms with Crippen molar-refractivity contribution in [3.63, 3.8) is 0 Å². The number of nitrogens with zero attached hydrogens (tertiary/aromatic N) is 2. The van der Waals surface area contributed by atoms with E-state index < -0.39 is 8.07 Å². The maximum atomic E-state index is 7.93. The van der Waals surface area contributed by atoms with Gasteiger partial charge in [0.2, 0.25) is 0 Å². The monoisotopic (exact) mass is 1110 g/mol. The van der Waals surface area contributed by atoms with Gasteiger partial charge in [-0.3, -0.25) is 0 Å². The van der Waals surface area contributed by atoms with Crippen LogP contribution in [0.25, 0.3) is 17.2 Å². The number of hydrogen-bond donors (Lipinski definition) is 0. The van der Waals surface area contributed by atoms with Gasteiger partial charge in [0.05, 0.1) is 19.8 Å². The minimum absolute atomic E-state index is 0.0111. The minimum atomic E-state index is -1.58. The van der Waals surface area contributed by atoms with Gasteiger partial charge in [-0.2, -0.15) is 0 Å².